The second kappa shape index (κ2) is 4.67. The highest BCUT2D eigenvalue weighted by Crippen LogP contribution is 2.24. The molecular weight excluding hydrogens is 212 g/mol. The Hall–Kier alpha value is -1.68. The van der Waals surface area contributed by atoms with E-state index in [0.29, 0.717) is 0 Å². The average Bonchev–Trinajstić information content (AvgIpc) is 2.29. The molecule has 90 valence electrons. The maximum atomic E-state index is 5.81. The van der Waals surface area contributed by atoms with E-state index in [9.17, 15) is 0 Å². The molecule has 1 unspecified atom stereocenters. The van der Waals surface area contributed by atoms with Gasteiger partial charge in [-0.05, 0) is 13.8 Å². The topological polar surface area (TPSA) is 55.0 Å². The summed E-state index contributed by atoms with van der Waals surface area (Å²) in [5.41, 5.74) is 6.77. The number of hydrogen-bond acceptors (Lipinski definition) is 4. The standard InChI is InChI=1S/C13H18N4/c1-9(14)8-17(3)13-12-7-5-4-6-11(12)10(2)15-16-13/h4-7,9H,8,14H2,1-3H3. The number of hydrogen-bond donors (Lipinski definition) is 1. The minimum atomic E-state index is 0.113. The van der Waals surface area contributed by atoms with Crippen molar-refractivity contribution >= 4 is 16.6 Å². The zero-order chi connectivity index (χ0) is 12.4. The number of nitrogens with zero attached hydrogens (tertiary/aromatic N) is 3. The summed E-state index contributed by atoms with van der Waals surface area (Å²) in [6, 6.07) is 8.30. The first-order chi connectivity index (χ1) is 8.09. The molecule has 4 nitrogen and oxygen atoms in total. The summed E-state index contributed by atoms with van der Waals surface area (Å²) in [5, 5.41) is 10.8. The molecule has 2 aromatic rings. The van der Waals surface area contributed by atoms with Gasteiger partial charge in [0.25, 0.3) is 0 Å². The molecular formula is C13H18N4. The molecule has 4 heteroatoms. The Morgan fingerprint density at radius 3 is 2.53 bits per heavy atom. The summed E-state index contributed by atoms with van der Waals surface area (Å²) in [7, 11) is 2.00. The molecule has 2 rings (SSSR count). The zero-order valence-electron chi connectivity index (χ0n) is 10.5. The Morgan fingerprint density at radius 2 is 1.88 bits per heavy atom. The van der Waals surface area contributed by atoms with Gasteiger partial charge in [-0.15, -0.1) is 5.10 Å². The lowest BCUT2D eigenvalue weighted by atomic mass is 10.1. The van der Waals surface area contributed by atoms with E-state index in [0.717, 1.165) is 28.8 Å². The van der Waals surface area contributed by atoms with E-state index in [-0.39, 0.29) is 6.04 Å². The quantitative estimate of drug-likeness (QED) is 0.872. The number of likely N-dealkylation sites (N-methyl/N-ethyl adjacent to an activating group) is 1. The largest absolute Gasteiger partial charge is 0.356 e. The molecule has 0 saturated heterocycles. The molecule has 0 aliphatic heterocycles. The van der Waals surface area contributed by atoms with Crippen molar-refractivity contribution in [2.75, 3.05) is 18.5 Å². The van der Waals surface area contributed by atoms with Crippen molar-refractivity contribution in [2.24, 2.45) is 5.73 Å². The van der Waals surface area contributed by atoms with Crippen molar-refractivity contribution in [3.63, 3.8) is 0 Å². The number of anilines is 1. The van der Waals surface area contributed by atoms with Crippen molar-refractivity contribution in [3.05, 3.63) is 30.0 Å². The Bertz CT molecular complexity index is 522. The van der Waals surface area contributed by atoms with Crippen LogP contribution >= 0.6 is 0 Å². The molecule has 1 aromatic carbocycles. The predicted octanol–water partition coefficient (Wildman–Crippen LogP) is 1.72. The second-order valence-corrected chi connectivity index (χ2v) is 4.51. The summed E-state index contributed by atoms with van der Waals surface area (Å²) < 4.78 is 0. The minimum Gasteiger partial charge on any atom is -0.356 e. The van der Waals surface area contributed by atoms with Crippen molar-refractivity contribution in [1.29, 1.82) is 0 Å². The van der Waals surface area contributed by atoms with Crippen LogP contribution in [0.1, 0.15) is 12.6 Å². The lowest BCUT2D eigenvalue weighted by molar-refractivity contribution is 0.709. The molecule has 2 N–H and O–H groups in total. The highest BCUT2D eigenvalue weighted by molar-refractivity contribution is 5.93. The Morgan fingerprint density at radius 1 is 1.24 bits per heavy atom. The highest BCUT2D eigenvalue weighted by Gasteiger charge is 2.11. The average molecular weight is 230 g/mol. The van der Waals surface area contributed by atoms with Crippen LogP contribution in [-0.2, 0) is 0 Å². The number of aromatic nitrogens is 2. The summed E-state index contributed by atoms with van der Waals surface area (Å²) in [5.74, 6) is 0.892. The van der Waals surface area contributed by atoms with Gasteiger partial charge in [0.2, 0.25) is 0 Å². The third kappa shape index (κ3) is 2.36. The van der Waals surface area contributed by atoms with E-state index < -0.39 is 0 Å². The lowest BCUT2D eigenvalue weighted by Crippen LogP contribution is -2.33. The fourth-order valence-corrected chi connectivity index (χ4v) is 2.02. The van der Waals surface area contributed by atoms with Crippen molar-refractivity contribution in [1.82, 2.24) is 10.2 Å². The fourth-order valence-electron chi connectivity index (χ4n) is 2.02. The van der Waals surface area contributed by atoms with Crippen molar-refractivity contribution in [2.45, 2.75) is 19.9 Å². The molecule has 0 bridgehead atoms. The first-order valence-corrected chi connectivity index (χ1v) is 5.78. The van der Waals surface area contributed by atoms with Gasteiger partial charge in [0, 0.05) is 30.4 Å². The van der Waals surface area contributed by atoms with Crippen LogP contribution in [0.15, 0.2) is 24.3 Å². The van der Waals surface area contributed by atoms with Crippen LogP contribution in [0.5, 0.6) is 0 Å². The summed E-state index contributed by atoms with van der Waals surface area (Å²) in [6.07, 6.45) is 0. The Labute approximate surface area is 101 Å². The first kappa shape index (κ1) is 11.8. The molecule has 0 aliphatic carbocycles. The zero-order valence-corrected chi connectivity index (χ0v) is 10.5. The first-order valence-electron chi connectivity index (χ1n) is 5.78. The van der Waals surface area contributed by atoms with Crippen LogP contribution in [-0.4, -0.2) is 29.8 Å². The van der Waals surface area contributed by atoms with Crippen LogP contribution in [0, 0.1) is 6.92 Å². The maximum Gasteiger partial charge on any atom is 0.158 e. The molecule has 0 radical (unpaired) electrons. The van der Waals surface area contributed by atoms with Gasteiger partial charge in [-0.25, -0.2) is 0 Å². The van der Waals surface area contributed by atoms with Gasteiger partial charge in [-0.3, -0.25) is 0 Å². The predicted molar refractivity (Wildman–Crippen MR) is 71.2 cm³/mol. The van der Waals surface area contributed by atoms with Crippen LogP contribution in [0.25, 0.3) is 10.8 Å². The van der Waals surface area contributed by atoms with Gasteiger partial charge in [0.15, 0.2) is 5.82 Å². The van der Waals surface area contributed by atoms with Crippen LogP contribution in [0.3, 0.4) is 0 Å². The molecule has 17 heavy (non-hydrogen) atoms. The number of rotatable bonds is 3. The van der Waals surface area contributed by atoms with Gasteiger partial charge in [-0.1, -0.05) is 24.3 Å². The second-order valence-electron chi connectivity index (χ2n) is 4.51. The molecule has 1 heterocycles. The third-order valence-electron chi connectivity index (χ3n) is 2.78. The molecule has 0 aliphatic rings. The minimum absolute atomic E-state index is 0.113. The highest BCUT2D eigenvalue weighted by atomic mass is 15.3. The van der Waals surface area contributed by atoms with Gasteiger partial charge >= 0.3 is 0 Å². The van der Waals surface area contributed by atoms with Gasteiger partial charge in [-0.2, -0.15) is 5.10 Å². The van der Waals surface area contributed by atoms with E-state index in [1.54, 1.807) is 0 Å². The lowest BCUT2D eigenvalue weighted by Gasteiger charge is -2.21. The summed E-state index contributed by atoms with van der Waals surface area (Å²) in [4.78, 5) is 2.06. The van der Waals surface area contributed by atoms with Crippen molar-refractivity contribution in [3.8, 4) is 0 Å². The normalized spacial score (nSPS) is 12.7. The van der Waals surface area contributed by atoms with Gasteiger partial charge < -0.3 is 10.6 Å². The summed E-state index contributed by atoms with van der Waals surface area (Å²) >= 11 is 0. The van der Waals surface area contributed by atoms with Crippen LogP contribution in [0.2, 0.25) is 0 Å². The van der Waals surface area contributed by atoms with E-state index in [2.05, 4.69) is 27.2 Å². The molecule has 0 saturated carbocycles. The van der Waals surface area contributed by atoms with Gasteiger partial charge in [0.1, 0.15) is 0 Å². The van der Waals surface area contributed by atoms with E-state index >= 15 is 0 Å². The monoisotopic (exact) mass is 230 g/mol. The number of aryl methyl sites for hydroxylation is 1. The van der Waals surface area contributed by atoms with E-state index in [1.807, 2.05) is 33.0 Å². The number of fused-ring (bicyclic) bond motifs is 1. The van der Waals surface area contributed by atoms with Crippen LogP contribution < -0.4 is 10.6 Å². The molecule has 0 amide bonds. The molecule has 1 atom stereocenters. The third-order valence-corrected chi connectivity index (χ3v) is 2.78. The number of benzene rings is 1. The molecule has 0 spiro atoms. The molecule has 1 aromatic heterocycles. The SMILES string of the molecule is Cc1nnc(N(C)CC(C)N)c2ccccc12. The number of nitrogens with two attached hydrogens (primary N) is 1. The Kier molecular flexibility index (Phi) is 3.24. The van der Waals surface area contributed by atoms with E-state index in [4.69, 9.17) is 5.73 Å². The van der Waals surface area contributed by atoms with Crippen LogP contribution in [0.4, 0.5) is 5.82 Å². The maximum absolute atomic E-state index is 5.81. The van der Waals surface area contributed by atoms with E-state index in [1.165, 1.54) is 0 Å². The van der Waals surface area contributed by atoms with Crippen molar-refractivity contribution < 1.29 is 0 Å². The fraction of sp³-hybridized carbons (Fsp3) is 0.385. The summed E-state index contributed by atoms with van der Waals surface area (Å²) in [6.45, 7) is 4.73. The Balaban J connectivity index is 2.51. The molecule has 0 fully saturated rings. The smallest absolute Gasteiger partial charge is 0.158 e. The van der Waals surface area contributed by atoms with Gasteiger partial charge in [0.05, 0.1) is 5.69 Å².